The van der Waals surface area contributed by atoms with E-state index in [2.05, 4.69) is 46.4 Å². The molecular formula is C26H37N7O2. The Morgan fingerprint density at radius 2 is 1.94 bits per heavy atom. The van der Waals surface area contributed by atoms with Crippen molar-refractivity contribution < 1.29 is 4.79 Å². The van der Waals surface area contributed by atoms with Crippen LogP contribution in [-0.4, -0.2) is 47.7 Å². The molecule has 2 aromatic rings. The van der Waals surface area contributed by atoms with Gasteiger partial charge in [0.05, 0.1) is 0 Å². The van der Waals surface area contributed by atoms with Gasteiger partial charge in [-0.15, -0.1) is 0 Å². The SMILES string of the molecule is CN/C(C)=C\C(N)=Nc1cc(N2CCCC(NC(=O)c3ccc(C(C)(C)C)cc3)C2)nn(C)c1=O. The highest BCUT2D eigenvalue weighted by Crippen LogP contribution is 2.23. The maximum Gasteiger partial charge on any atom is 0.292 e. The number of nitrogens with zero attached hydrogens (tertiary/aromatic N) is 4. The molecule has 0 bridgehead atoms. The molecule has 0 spiro atoms. The van der Waals surface area contributed by atoms with Gasteiger partial charge in [0.2, 0.25) is 0 Å². The van der Waals surface area contributed by atoms with Gasteiger partial charge in [0.15, 0.2) is 5.82 Å². The Balaban J connectivity index is 1.75. The highest BCUT2D eigenvalue weighted by molar-refractivity contribution is 5.94. The summed E-state index contributed by atoms with van der Waals surface area (Å²) in [4.78, 5) is 31.8. The monoisotopic (exact) mass is 479 g/mol. The van der Waals surface area contributed by atoms with Crippen LogP contribution in [-0.2, 0) is 12.5 Å². The second kappa shape index (κ2) is 10.8. The van der Waals surface area contributed by atoms with E-state index in [1.165, 1.54) is 10.2 Å². The summed E-state index contributed by atoms with van der Waals surface area (Å²) in [6.07, 6.45) is 3.43. The van der Waals surface area contributed by atoms with Crippen molar-refractivity contribution in [2.24, 2.45) is 17.8 Å². The van der Waals surface area contributed by atoms with Crippen molar-refractivity contribution in [3.63, 3.8) is 0 Å². The summed E-state index contributed by atoms with van der Waals surface area (Å²) < 4.78 is 1.27. The lowest BCUT2D eigenvalue weighted by Crippen LogP contribution is -2.48. The summed E-state index contributed by atoms with van der Waals surface area (Å²) in [5, 5.41) is 10.6. The molecule has 9 nitrogen and oxygen atoms in total. The average Bonchev–Trinajstić information content (AvgIpc) is 2.81. The first kappa shape index (κ1) is 26.0. The summed E-state index contributed by atoms with van der Waals surface area (Å²) in [7, 11) is 3.38. The number of hydrogen-bond donors (Lipinski definition) is 3. The summed E-state index contributed by atoms with van der Waals surface area (Å²) in [5.74, 6) is 0.768. The number of anilines is 1. The zero-order valence-corrected chi connectivity index (χ0v) is 21.6. The fourth-order valence-corrected chi connectivity index (χ4v) is 3.97. The van der Waals surface area contributed by atoms with Crippen LogP contribution in [0.5, 0.6) is 0 Å². The number of aromatic nitrogens is 2. The van der Waals surface area contributed by atoms with E-state index in [1.54, 1.807) is 26.2 Å². The van der Waals surface area contributed by atoms with Crippen LogP contribution in [0.4, 0.5) is 11.5 Å². The Labute approximate surface area is 207 Å². The normalized spacial score (nSPS) is 17.3. The van der Waals surface area contributed by atoms with Gasteiger partial charge in [-0.1, -0.05) is 32.9 Å². The van der Waals surface area contributed by atoms with Crippen LogP contribution >= 0.6 is 0 Å². The number of amidine groups is 1. The predicted molar refractivity (Wildman–Crippen MR) is 141 cm³/mol. The number of allylic oxidation sites excluding steroid dienone is 1. The molecular weight excluding hydrogens is 442 g/mol. The summed E-state index contributed by atoms with van der Waals surface area (Å²) >= 11 is 0. The Morgan fingerprint density at radius 1 is 1.26 bits per heavy atom. The number of benzene rings is 1. The quantitative estimate of drug-likeness (QED) is 0.433. The molecule has 0 aliphatic carbocycles. The number of carbonyl (C=O) groups excluding carboxylic acids is 1. The van der Waals surface area contributed by atoms with Gasteiger partial charge in [0, 0.05) is 50.6 Å². The van der Waals surface area contributed by atoms with Crippen LogP contribution < -0.4 is 26.8 Å². The van der Waals surface area contributed by atoms with E-state index in [1.807, 2.05) is 31.2 Å². The van der Waals surface area contributed by atoms with Gasteiger partial charge >= 0.3 is 0 Å². The number of amides is 1. The van der Waals surface area contributed by atoms with Crippen molar-refractivity contribution in [1.29, 1.82) is 0 Å². The maximum absolute atomic E-state index is 12.9. The lowest BCUT2D eigenvalue weighted by atomic mass is 9.86. The molecule has 35 heavy (non-hydrogen) atoms. The second-order valence-corrected chi connectivity index (χ2v) is 10.0. The Hall–Kier alpha value is -3.62. The van der Waals surface area contributed by atoms with E-state index in [-0.39, 0.29) is 34.4 Å². The first-order chi connectivity index (χ1) is 16.5. The molecule has 9 heteroatoms. The molecule has 4 N–H and O–H groups in total. The van der Waals surface area contributed by atoms with E-state index in [9.17, 15) is 9.59 Å². The number of piperidine rings is 1. The molecule has 0 radical (unpaired) electrons. The second-order valence-electron chi connectivity index (χ2n) is 10.0. The third-order valence-electron chi connectivity index (χ3n) is 6.13. The number of aryl methyl sites for hydroxylation is 1. The third-order valence-corrected chi connectivity index (χ3v) is 6.13. The Morgan fingerprint density at radius 3 is 2.57 bits per heavy atom. The van der Waals surface area contributed by atoms with E-state index in [0.29, 0.717) is 17.9 Å². The van der Waals surface area contributed by atoms with Gasteiger partial charge in [-0.05, 0) is 49.0 Å². The molecule has 1 atom stereocenters. The molecule has 1 aliphatic heterocycles. The highest BCUT2D eigenvalue weighted by Gasteiger charge is 2.24. The number of nitrogens with one attached hydrogen (secondary N) is 2. The largest absolute Gasteiger partial charge is 0.392 e. The van der Waals surface area contributed by atoms with Crippen LogP contribution in [0.15, 0.2) is 51.9 Å². The van der Waals surface area contributed by atoms with Crippen molar-refractivity contribution in [2.45, 2.75) is 52.0 Å². The van der Waals surface area contributed by atoms with E-state index in [0.717, 1.165) is 25.1 Å². The lowest BCUT2D eigenvalue weighted by molar-refractivity contribution is 0.0933. The van der Waals surface area contributed by atoms with E-state index < -0.39 is 0 Å². The van der Waals surface area contributed by atoms with Gasteiger partial charge in [-0.2, -0.15) is 5.10 Å². The van der Waals surface area contributed by atoms with Crippen LogP contribution in [0.1, 0.15) is 56.5 Å². The number of nitrogens with two attached hydrogens (primary N) is 1. The number of carbonyl (C=O) groups is 1. The first-order valence-corrected chi connectivity index (χ1v) is 11.9. The molecule has 0 saturated carbocycles. The molecule has 1 fully saturated rings. The van der Waals surface area contributed by atoms with Crippen LogP contribution in [0.3, 0.4) is 0 Å². The zero-order chi connectivity index (χ0) is 25.8. The smallest absolute Gasteiger partial charge is 0.292 e. The number of hydrogen-bond acceptors (Lipinski definition) is 6. The van der Waals surface area contributed by atoms with Gasteiger partial charge in [0.25, 0.3) is 11.5 Å². The molecule has 1 aromatic heterocycles. The first-order valence-electron chi connectivity index (χ1n) is 11.9. The fourth-order valence-electron chi connectivity index (χ4n) is 3.97. The topological polar surface area (TPSA) is 118 Å². The highest BCUT2D eigenvalue weighted by atomic mass is 16.2. The van der Waals surface area contributed by atoms with Crippen LogP contribution in [0.2, 0.25) is 0 Å². The number of aliphatic imine (C=N–C) groups is 1. The third kappa shape index (κ3) is 6.71. The molecule has 2 heterocycles. The van der Waals surface area contributed by atoms with Crippen molar-refractivity contribution in [3.05, 3.63) is 63.6 Å². The van der Waals surface area contributed by atoms with E-state index in [4.69, 9.17) is 5.73 Å². The van der Waals surface area contributed by atoms with Crippen molar-refractivity contribution in [1.82, 2.24) is 20.4 Å². The molecule has 3 rings (SSSR count). The Bertz CT molecular complexity index is 1170. The lowest BCUT2D eigenvalue weighted by Gasteiger charge is -2.34. The molecule has 1 unspecified atom stereocenters. The van der Waals surface area contributed by atoms with Gasteiger partial charge in [0.1, 0.15) is 11.5 Å². The Kier molecular flexibility index (Phi) is 7.99. The minimum absolute atomic E-state index is 0.0317. The fraction of sp³-hybridized carbons (Fsp3) is 0.462. The maximum atomic E-state index is 12.9. The molecule has 188 valence electrons. The molecule has 1 amide bonds. The number of rotatable bonds is 6. The minimum atomic E-state index is -0.326. The molecule has 1 saturated heterocycles. The van der Waals surface area contributed by atoms with E-state index >= 15 is 0 Å². The predicted octanol–water partition coefficient (Wildman–Crippen LogP) is 2.59. The van der Waals surface area contributed by atoms with Gasteiger partial charge in [-0.3, -0.25) is 9.59 Å². The summed E-state index contributed by atoms with van der Waals surface area (Å²) in [5.41, 5.74) is 8.60. The average molecular weight is 480 g/mol. The molecule has 1 aliphatic rings. The van der Waals surface area contributed by atoms with Crippen molar-refractivity contribution >= 4 is 23.2 Å². The van der Waals surface area contributed by atoms with Gasteiger partial charge < -0.3 is 21.3 Å². The molecule has 1 aromatic carbocycles. The zero-order valence-electron chi connectivity index (χ0n) is 21.6. The van der Waals surface area contributed by atoms with Gasteiger partial charge in [-0.25, -0.2) is 9.67 Å². The minimum Gasteiger partial charge on any atom is -0.392 e. The van der Waals surface area contributed by atoms with Crippen LogP contribution in [0, 0.1) is 0 Å². The van der Waals surface area contributed by atoms with Crippen LogP contribution in [0.25, 0.3) is 0 Å². The van der Waals surface area contributed by atoms with Crippen molar-refractivity contribution in [3.8, 4) is 0 Å². The van der Waals surface area contributed by atoms with Crippen molar-refractivity contribution in [2.75, 3.05) is 25.0 Å². The summed E-state index contributed by atoms with van der Waals surface area (Å²) in [6.45, 7) is 9.68. The standard InChI is InChI=1S/C26H37N7O2/c1-17(28-5)14-22(27)30-21-15-23(31-32(6)25(21)35)33-13-7-8-20(16-33)29-24(34)18-9-11-19(12-10-18)26(2,3)4/h9-12,14-15,20,28H,7-8,13,16H2,1-6H3,(H2,27,30)(H,29,34)/b17-14-. The summed E-state index contributed by atoms with van der Waals surface area (Å²) in [6, 6.07) is 9.41.